The Bertz CT molecular complexity index is 1270. The van der Waals surface area contributed by atoms with Gasteiger partial charge < -0.3 is 4.74 Å². The minimum Gasteiger partial charge on any atom is -0.454 e. The number of carbonyl (C=O) groups excluding carboxylic acids is 2. The number of esters is 1. The first-order valence-corrected chi connectivity index (χ1v) is 9.83. The number of carbonyl (C=O) groups is 2. The van der Waals surface area contributed by atoms with Crippen molar-refractivity contribution in [3.05, 3.63) is 83.8 Å². The molecule has 0 bridgehead atoms. The molecule has 156 valence electrons. The molecule has 2 heterocycles. The minimum atomic E-state index is -0.669. The highest BCUT2D eigenvalue weighted by Gasteiger charge is 2.20. The molecule has 4 aromatic rings. The second-order valence-corrected chi connectivity index (χ2v) is 7.35. The lowest BCUT2D eigenvalue weighted by Crippen LogP contribution is -2.15. The van der Waals surface area contributed by atoms with E-state index in [-0.39, 0.29) is 17.2 Å². The molecule has 0 N–H and O–H groups in total. The number of ketones is 1. The van der Waals surface area contributed by atoms with E-state index >= 15 is 0 Å². The number of rotatable bonds is 6. The van der Waals surface area contributed by atoms with Crippen LogP contribution in [-0.2, 0) is 4.74 Å². The van der Waals surface area contributed by atoms with Crippen LogP contribution in [0.25, 0.3) is 22.3 Å². The van der Waals surface area contributed by atoms with E-state index < -0.39 is 24.2 Å². The van der Waals surface area contributed by atoms with Crippen molar-refractivity contribution in [3.8, 4) is 11.3 Å². The summed E-state index contributed by atoms with van der Waals surface area (Å²) >= 11 is 0. The fourth-order valence-electron chi connectivity index (χ4n) is 3.28. The first-order chi connectivity index (χ1) is 14.9. The summed E-state index contributed by atoms with van der Waals surface area (Å²) in [5.41, 5.74) is 2.40. The SMILES string of the molecule is CC(C)n1ncc2c(C(=O)OCC(=O)c3cccc(F)c3)cc(-c3ccccc3)nc21. The molecule has 2 aromatic heterocycles. The van der Waals surface area contributed by atoms with E-state index in [0.29, 0.717) is 16.7 Å². The standard InChI is InChI=1S/C24H20FN3O3/c1-15(2)28-23-20(13-26-28)19(12-21(27-23)16-7-4-3-5-8-16)24(30)31-14-22(29)17-9-6-10-18(25)11-17/h3-13,15H,14H2,1-2H3. The van der Waals surface area contributed by atoms with E-state index in [9.17, 15) is 14.0 Å². The normalized spacial score (nSPS) is 11.1. The van der Waals surface area contributed by atoms with Gasteiger partial charge in [0.25, 0.3) is 0 Å². The maximum Gasteiger partial charge on any atom is 0.339 e. The van der Waals surface area contributed by atoms with Crippen LogP contribution in [0.3, 0.4) is 0 Å². The van der Waals surface area contributed by atoms with Gasteiger partial charge in [0.1, 0.15) is 5.82 Å². The minimum absolute atomic E-state index is 0.0365. The largest absolute Gasteiger partial charge is 0.454 e. The van der Waals surface area contributed by atoms with Gasteiger partial charge in [-0.1, -0.05) is 42.5 Å². The number of nitrogens with zero attached hydrogens (tertiary/aromatic N) is 3. The Balaban J connectivity index is 1.68. The van der Waals surface area contributed by atoms with E-state index in [2.05, 4.69) is 5.10 Å². The number of pyridine rings is 1. The topological polar surface area (TPSA) is 74.1 Å². The van der Waals surface area contributed by atoms with Crippen LogP contribution in [0.4, 0.5) is 4.39 Å². The van der Waals surface area contributed by atoms with Gasteiger partial charge in [0, 0.05) is 17.2 Å². The second-order valence-electron chi connectivity index (χ2n) is 7.35. The number of fused-ring (bicyclic) bond motifs is 1. The lowest BCUT2D eigenvalue weighted by molar-refractivity contribution is 0.0476. The van der Waals surface area contributed by atoms with Crippen molar-refractivity contribution in [2.45, 2.75) is 19.9 Å². The Morgan fingerprint density at radius 3 is 2.55 bits per heavy atom. The van der Waals surface area contributed by atoms with Gasteiger partial charge in [-0.15, -0.1) is 0 Å². The number of Topliss-reactive ketones (excluding diaryl/α,β-unsaturated/α-hetero) is 1. The summed E-state index contributed by atoms with van der Waals surface area (Å²) in [6.07, 6.45) is 1.57. The molecule has 0 spiro atoms. The van der Waals surface area contributed by atoms with Gasteiger partial charge >= 0.3 is 5.97 Å². The van der Waals surface area contributed by atoms with Crippen LogP contribution in [0.2, 0.25) is 0 Å². The summed E-state index contributed by atoms with van der Waals surface area (Å²) in [6, 6.07) is 16.4. The molecular formula is C24H20FN3O3. The summed E-state index contributed by atoms with van der Waals surface area (Å²) in [4.78, 5) is 29.9. The van der Waals surface area contributed by atoms with Crippen molar-refractivity contribution >= 4 is 22.8 Å². The summed E-state index contributed by atoms with van der Waals surface area (Å²) in [5.74, 6) is -1.68. The Labute approximate surface area is 178 Å². The molecule has 0 aliphatic rings. The first kappa shape index (κ1) is 20.4. The number of halogens is 1. The number of ether oxygens (including phenoxy) is 1. The van der Waals surface area contributed by atoms with E-state index in [1.54, 1.807) is 16.9 Å². The van der Waals surface area contributed by atoms with Crippen molar-refractivity contribution in [3.63, 3.8) is 0 Å². The predicted octanol–water partition coefficient (Wildman–Crippen LogP) is 4.86. The number of aromatic nitrogens is 3. The lowest BCUT2D eigenvalue weighted by Gasteiger charge is -2.11. The molecule has 7 heteroatoms. The number of benzene rings is 2. The Hall–Kier alpha value is -3.87. The van der Waals surface area contributed by atoms with Crippen molar-refractivity contribution in [1.82, 2.24) is 14.8 Å². The van der Waals surface area contributed by atoms with Gasteiger partial charge in [-0.05, 0) is 32.0 Å². The van der Waals surface area contributed by atoms with Gasteiger partial charge in [-0.25, -0.2) is 18.9 Å². The van der Waals surface area contributed by atoms with Crippen molar-refractivity contribution < 1.29 is 18.7 Å². The molecule has 0 fully saturated rings. The van der Waals surface area contributed by atoms with Crippen LogP contribution >= 0.6 is 0 Å². The number of hydrogen-bond acceptors (Lipinski definition) is 5. The Kier molecular flexibility index (Phi) is 5.58. The summed E-state index contributed by atoms with van der Waals surface area (Å²) < 4.78 is 20.4. The fraction of sp³-hybridized carbons (Fsp3) is 0.167. The van der Waals surface area contributed by atoms with E-state index in [1.807, 2.05) is 44.2 Å². The van der Waals surface area contributed by atoms with Crippen molar-refractivity contribution in [2.75, 3.05) is 6.61 Å². The molecule has 0 aliphatic heterocycles. The third-order valence-electron chi connectivity index (χ3n) is 4.83. The van der Waals surface area contributed by atoms with Crippen molar-refractivity contribution in [2.24, 2.45) is 0 Å². The molecule has 0 saturated heterocycles. The van der Waals surface area contributed by atoms with Gasteiger partial charge in [0.05, 0.1) is 22.8 Å². The molecule has 0 aliphatic carbocycles. The smallest absolute Gasteiger partial charge is 0.339 e. The molecule has 0 radical (unpaired) electrons. The zero-order valence-corrected chi connectivity index (χ0v) is 17.1. The van der Waals surface area contributed by atoms with Gasteiger partial charge in [0.2, 0.25) is 0 Å². The van der Waals surface area contributed by atoms with Gasteiger partial charge in [0.15, 0.2) is 18.0 Å². The van der Waals surface area contributed by atoms with Crippen LogP contribution in [0.1, 0.15) is 40.6 Å². The van der Waals surface area contributed by atoms with Crippen LogP contribution in [0.15, 0.2) is 66.9 Å². The van der Waals surface area contributed by atoms with Crippen LogP contribution in [0.5, 0.6) is 0 Å². The Morgan fingerprint density at radius 2 is 1.84 bits per heavy atom. The zero-order chi connectivity index (χ0) is 22.0. The molecule has 31 heavy (non-hydrogen) atoms. The third kappa shape index (κ3) is 4.21. The van der Waals surface area contributed by atoms with E-state index in [0.717, 1.165) is 11.6 Å². The van der Waals surface area contributed by atoms with Gasteiger partial charge in [-0.3, -0.25) is 4.79 Å². The monoisotopic (exact) mass is 417 g/mol. The van der Waals surface area contributed by atoms with Crippen molar-refractivity contribution in [1.29, 1.82) is 0 Å². The first-order valence-electron chi connectivity index (χ1n) is 9.83. The quantitative estimate of drug-likeness (QED) is 0.331. The predicted molar refractivity (Wildman–Crippen MR) is 114 cm³/mol. The maximum atomic E-state index is 13.4. The molecular weight excluding hydrogens is 397 g/mol. The Morgan fingerprint density at radius 1 is 1.06 bits per heavy atom. The van der Waals surface area contributed by atoms with Crippen LogP contribution in [0, 0.1) is 5.82 Å². The highest BCUT2D eigenvalue weighted by molar-refractivity contribution is 6.05. The average molecular weight is 417 g/mol. The fourth-order valence-corrected chi connectivity index (χ4v) is 3.28. The molecule has 6 nitrogen and oxygen atoms in total. The summed E-state index contributed by atoms with van der Waals surface area (Å²) in [7, 11) is 0. The van der Waals surface area contributed by atoms with E-state index in [1.165, 1.54) is 18.2 Å². The highest BCUT2D eigenvalue weighted by Crippen LogP contribution is 2.27. The molecule has 0 atom stereocenters. The lowest BCUT2D eigenvalue weighted by atomic mass is 10.1. The zero-order valence-electron chi connectivity index (χ0n) is 17.1. The molecule has 2 aromatic carbocycles. The maximum absolute atomic E-state index is 13.4. The van der Waals surface area contributed by atoms with Crippen LogP contribution in [-0.4, -0.2) is 33.1 Å². The summed E-state index contributed by atoms with van der Waals surface area (Å²) in [6.45, 7) is 3.45. The molecule has 0 saturated carbocycles. The van der Waals surface area contributed by atoms with E-state index in [4.69, 9.17) is 9.72 Å². The summed E-state index contributed by atoms with van der Waals surface area (Å²) in [5, 5.41) is 4.90. The highest BCUT2D eigenvalue weighted by atomic mass is 19.1. The number of hydrogen-bond donors (Lipinski definition) is 0. The third-order valence-corrected chi connectivity index (χ3v) is 4.83. The second kappa shape index (κ2) is 8.47. The van der Waals surface area contributed by atoms with Gasteiger partial charge in [-0.2, -0.15) is 5.10 Å². The average Bonchev–Trinajstić information content (AvgIpc) is 3.21. The molecule has 4 rings (SSSR count). The molecule has 0 unspecified atom stereocenters. The molecule has 0 amide bonds. The van der Waals surface area contributed by atoms with Crippen LogP contribution < -0.4 is 0 Å².